The summed E-state index contributed by atoms with van der Waals surface area (Å²) in [5, 5.41) is 8.28. The van der Waals surface area contributed by atoms with Gasteiger partial charge in [-0.1, -0.05) is 12.1 Å². The molecule has 2 atom stereocenters. The lowest BCUT2D eigenvalue weighted by Crippen LogP contribution is -2.29. The van der Waals surface area contributed by atoms with Gasteiger partial charge in [-0.3, -0.25) is 0 Å². The molecule has 4 N–H and O–H groups in total. The Bertz CT molecular complexity index is 1740. The van der Waals surface area contributed by atoms with Crippen molar-refractivity contribution in [3.63, 3.8) is 0 Å². The Morgan fingerprint density at radius 1 is 0.850 bits per heavy atom. The quantitative estimate of drug-likeness (QED) is 0.224. The van der Waals surface area contributed by atoms with Gasteiger partial charge in [0.15, 0.2) is 0 Å². The number of rotatable bonds is 4. The molecule has 8 heteroatoms. The largest absolute Gasteiger partial charge is 0.482 e. The maximum Gasteiger partial charge on any atom is 0.131 e. The molecule has 0 bridgehead atoms. The number of H-pyrrole nitrogens is 2. The smallest absolute Gasteiger partial charge is 0.131 e. The minimum absolute atomic E-state index is 0.317. The highest BCUT2D eigenvalue weighted by Crippen LogP contribution is 2.50. The van der Waals surface area contributed by atoms with Gasteiger partial charge in [-0.2, -0.15) is 0 Å². The minimum Gasteiger partial charge on any atom is -0.482 e. The van der Waals surface area contributed by atoms with Crippen LogP contribution in [0, 0.1) is 0 Å². The highest BCUT2D eigenvalue weighted by atomic mass is 16.5. The van der Waals surface area contributed by atoms with Crippen LogP contribution >= 0.6 is 0 Å². The molecule has 0 radical (unpaired) electrons. The summed E-state index contributed by atoms with van der Waals surface area (Å²) in [5.74, 6) is 2.95. The summed E-state index contributed by atoms with van der Waals surface area (Å²) in [5.41, 5.74) is 8.55. The average molecular weight is 534 g/mol. The van der Waals surface area contributed by atoms with E-state index in [-0.39, 0.29) is 0 Å². The standard InChI is InChI=1S/C32H35N7O/c1-32(2)28-21-14-18(24-16-35-30(37-24)22-6-4-12-33-22)9-11-26(21)39(3)29(28)20-10-8-19(15-27(20)40-32)25-17-36-31(38-25)23-7-5-13-34-23/h8-11,14-17,22-23,33-34H,4-7,12-13H2,1-3H3,(H,35,37)(H,36,38)/t22-,23-/m0/s1. The first-order valence-corrected chi connectivity index (χ1v) is 14.5. The third-order valence-electron chi connectivity index (χ3n) is 9.00. The third-order valence-corrected chi connectivity index (χ3v) is 9.00. The van der Waals surface area contributed by atoms with Crippen molar-refractivity contribution in [2.24, 2.45) is 7.05 Å². The van der Waals surface area contributed by atoms with Gasteiger partial charge in [0.2, 0.25) is 0 Å². The van der Waals surface area contributed by atoms with Crippen molar-refractivity contribution in [3.8, 4) is 39.5 Å². The number of nitrogens with one attached hydrogen (secondary N) is 4. The number of aryl methyl sites for hydroxylation is 1. The van der Waals surface area contributed by atoms with Gasteiger partial charge in [0.1, 0.15) is 23.0 Å². The van der Waals surface area contributed by atoms with Crippen molar-refractivity contribution in [2.75, 3.05) is 13.1 Å². The highest BCUT2D eigenvalue weighted by molar-refractivity contribution is 5.97. The zero-order chi connectivity index (χ0) is 27.0. The van der Waals surface area contributed by atoms with Crippen LogP contribution in [0.1, 0.15) is 68.8 Å². The van der Waals surface area contributed by atoms with Crippen molar-refractivity contribution in [1.29, 1.82) is 0 Å². The summed E-state index contributed by atoms with van der Waals surface area (Å²) >= 11 is 0. The van der Waals surface area contributed by atoms with E-state index in [0.29, 0.717) is 12.1 Å². The third kappa shape index (κ3) is 3.66. The summed E-state index contributed by atoms with van der Waals surface area (Å²) in [6, 6.07) is 13.9. The van der Waals surface area contributed by atoms with E-state index in [1.165, 1.54) is 35.0 Å². The number of ether oxygens (including phenoxy) is 1. The van der Waals surface area contributed by atoms with Gasteiger partial charge in [-0.05, 0) is 76.9 Å². The van der Waals surface area contributed by atoms with Crippen molar-refractivity contribution in [3.05, 3.63) is 66.0 Å². The van der Waals surface area contributed by atoms with Crippen LogP contribution in [0.15, 0.2) is 48.8 Å². The Morgan fingerprint density at radius 3 is 2.10 bits per heavy atom. The molecule has 2 aromatic carbocycles. The Labute approximate surface area is 233 Å². The Morgan fingerprint density at radius 2 is 1.48 bits per heavy atom. The Kier molecular flexibility index (Phi) is 5.28. The average Bonchev–Trinajstić information content (AvgIpc) is 3.77. The van der Waals surface area contributed by atoms with E-state index in [1.54, 1.807) is 0 Å². The molecule has 0 saturated carbocycles. The zero-order valence-electron chi connectivity index (χ0n) is 23.3. The second-order valence-electron chi connectivity index (χ2n) is 12.0. The van der Waals surface area contributed by atoms with E-state index in [9.17, 15) is 0 Å². The van der Waals surface area contributed by atoms with E-state index < -0.39 is 5.60 Å². The molecule has 2 fully saturated rings. The van der Waals surface area contributed by atoms with Crippen molar-refractivity contribution in [1.82, 2.24) is 35.1 Å². The molecule has 204 valence electrons. The second-order valence-corrected chi connectivity index (χ2v) is 12.0. The number of imidazole rings is 2. The van der Waals surface area contributed by atoms with Crippen molar-refractivity contribution in [2.45, 2.75) is 57.2 Å². The number of nitrogens with zero attached hydrogens (tertiary/aromatic N) is 3. The van der Waals surface area contributed by atoms with Crippen LogP contribution in [0.4, 0.5) is 0 Å². The molecule has 6 heterocycles. The fourth-order valence-electron chi connectivity index (χ4n) is 6.99. The number of hydrogen-bond acceptors (Lipinski definition) is 5. The summed E-state index contributed by atoms with van der Waals surface area (Å²) in [6.07, 6.45) is 8.55. The molecular formula is C32H35N7O. The normalized spacial score (nSPS) is 21.5. The first kappa shape index (κ1) is 24.0. The highest BCUT2D eigenvalue weighted by Gasteiger charge is 2.37. The first-order chi connectivity index (χ1) is 19.5. The molecular weight excluding hydrogens is 498 g/mol. The molecule has 8 nitrogen and oxygen atoms in total. The molecule has 0 aliphatic carbocycles. The fourth-order valence-corrected chi connectivity index (χ4v) is 6.99. The Balaban J connectivity index is 1.20. The predicted octanol–water partition coefficient (Wildman–Crippen LogP) is 6.10. The maximum absolute atomic E-state index is 6.76. The number of aromatic nitrogens is 5. The van der Waals surface area contributed by atoms with Crippen LogP contribution < -0.4 is 15.4 Å². The summed E-state index contributed by atoms with van der Waals surface area (Å²) < 4.78 is 9.08. The molecule has 8 rings (SSSR count). The number of benzene rings is 2. The van der Waals surface area contributed by atoms with Crippen LogP contribution in [0.5, 0.6) is 5.75 Å². The fraction of sp³-hybridized carbons (Fsp3) is 0.375. The molecule has 2 saturated heterocycles. The van der Waals surface area contributed by atoms with E-state index in [4.69, 9.17) is 9.72 Å². The zero-order valence-corrected chi connectivity index (χ0v) is 23.3. The summed E-state index contributed by atoms with van der Waals surface area (Å²) in [7, 11) is 2.16. The minimum atomic E-state index is -0.501. The van der Waals surface area contributed by atoms with Gasteiger partial charge in [0, 0.05) is 40.2 Å². The van der Waals surface area contributed by atoms with E-state index in [0.717, 1.165) is 71.4 Å². The lowest BCUT2D eigenvalue weighted by Gasteiger charge is -2.34. The molecule has 40 heavy (non-hydrogen) atoms. The monoisotopic (exact) mass is 533 g/mol. The van der Waals surface area contributed by atoms with Gasteiger partial charge in [-0.15, -0.1) is 0 Å². The molecule has 3 aliphatic heterocycles. The molecule has 0 unspecified atom stereocenters. The first-order valence-electron chi connectivity index (χ1n) is 14.5. The van der Waals surface area contributed by atoms with Crippen LogP contribution in [0.25, 0.3) is 44.7 Å². The van der Waals surface area contributed by atoms with Crippen LogP contribution in [0.2, 0.25) is 0 Å². The lowest BCUT2D eigenvalue weighted by atomic mass is 9.88. The topological polar surface area (TPSA) is 95.6 Å². The van der Waals surface area contributed by atoms with E-state index in [1.807, 2.05) is 12.4 Å². The van der Waals surface area contributed by atoms with Crippen LogP contribution in [-0.2, 0) is 12.6 Å². The number of hydrogen-bond donors (Lipinski definition) is 4. The second kappa shape index (κ2) is 8.81. The maximum atomic E-state index is 6.76. The molecule has 5 aromatic rings. The van der Waals surface area contributed by atoms with Crippen molar-refractivity contribution >= 4 is 10.9 Å². The SMILES string of the molecule is Cn1c2c(c3cc(-c4cnc([C@@H]5CCCN5)[nH]4)ccc31)C(C)(C)Oc1cc(-c3cnc([C@@H]4CCCN4)[nH]3)ccc1-2. The van der Waals surface area contributed by atoms with Crippen LogP contribution in [-0.4, -0.2) is 37.6 Å². The predicted molar refractivity (Wildman–Crippen MR) is 157 cm³/mol. The molecule has 0 amide bonds. The van der Waals surface area contributed by atoms with Crippen molar-refractivity contribution < 1.29 is 4.74 Å². The molecule has 0 spiro atoms. The summed E-state index contributed by atoms with van der Waals surface area (Å²) in [6.45, 7) is 6.46. The molecule has 3 aliphatic rings. The van der Waals surface area contributed by atoms with Gasteiger partial charge in [-0.25, -0.2) is 9.97 Å². The Hall–Kier alpha value is -3.88. The number of fused-ring (bicyclic) bond motifs is 5. The van der Waals surface area contributed by atoms with E-state index in [2.05, 4.69) is 87.4 Å². The lowest BCUT2D eigenvalue weighted by molar-refractivity contribution is 0.107. The molecule has 3 aromatic heterocycles. The number of aromatic amines is 2. The summed E-state index contributed by atoms with van der Waals surface area (Å²) in [4.78, 5) is 16.5. The van der Waals surface area contributed by atoms with Gasteiger partial charge < -0.3 is 29.9 Å². The van der Waals surface area contributed by atoms with Crippen LogP contribution in [0.3, 0.4) is 0 Å². The van der Waals surface area contributed by atoms with Gasteiger partial charge in [0.25, 0.3) is 0 Å². The van der Waals surface area contributed by atoms with Gasteiger partial charge in [0.05, 0.1) is 41.6 Å². The van der Waals surface area contributed by atoms with E-state index >= 15 is 0 Å². The van der Waals surface area contributed by atoms with Gasteiger partial charge >= 0.3 is 0 Å².